The van der Waals surface area contributed by atoms with Gasteiger partial charge in [-0.2, -0.15) is 0 Å². The molecule has 0 unspecified atom stereocenters. The highest BCUT2D eigenvalue weighted by Gasteiger charge is 2.46. The summed E-state index contributed by atoms with van der Waals surface area (Å²) in [5.74, 6) is -0.912. The number of aliphatic carboxylic acids is 1. The van der Waals surface area contributed by atoms with E-state index in [2.05, 4.69) is 4.98 Å². The van der Waals surface area contributed by atoms with E-state index in [0.717, 1.165) is 6.41 Å². The third-order valence-corrected chi connectivity index (χ3v) is 5.28. The van der Waals surface area contributed by atoms with E-state index in [1.54, 1.807) is 24.0 Å². The number of Topliss-reactive ketones (excluding diaryl/α,β-unsaturated/α-hetero) is 1. The minimum Gasteiger partial charge on any atom is -0.480 e. The Morgan fingerprint density at radius 1 is 1.46 bits per heavy atom. The van der Waals surface area contributed by atoms with Crippen LogP contribution in [0.25, 0.3) is 11.1 Å². The normalized spacial score (nSPS) is 19.4. The van der Waals surface area contributed by atoms with Crippen LogP contribution in [0.5, 0.6) is 0 Å². The summed E-state index contributed by atoms with van der Waals surface area (Å²) in [6.07, 6.45) is 2.92. The van der Waals surface area contributed by atoms with Crippen molar-refractivity contribution in [2.75, 3.05) is 6.54 Å². The number of fused-ring (bicyclic) bond motifs is 1. The third kappa shape index (κ3) is 4.34. The molecule has 1 fully saturated rings. The maximum Gasteiger partial charge on any atom is 0.320 e. The SMILES string of the molecule is Cc1nc2c(Cl)cc(C(=O)[C@H]3C[C@@H]3N(C=O)CCCC[C@H](N)C(=O)O)cc2o1. The number of aryl methyl sites for hydroxylation is 1. The number of benzene rings is 1. The van der Waals surface area contributed by atoms with Crippen LogP contribution in [0.1, 0.15) is 41.9 Å². The van der Waals surface area contributed by atoms with Crippen molar-refractivity contribution in [3.8, 4) is 0 Å². The molecule has 1 heterocycles. The van der Waals surface area contributed by atoms with Gasteiger partial charge in [0, 0.05) is 31.0 Å². The van der Waals surface area contributed by atoms with Crippen LogP contribution in [0.4, 0.5) is 0 Å². The molecule has 1 aromatic heterocycles. The van der Waals surface area contributed by atoms with Crippen LogP contribution in [0, 0.1) is 12.8 Å². The largest absolute Gasteiger partial charge is 0.480 e. The molecule has 3 atom stereocenters. The number of nitrogens with two attached hydrogens (primary N) is 1. The first-order chi connectivity index (χ1) is 13.3. The molecule has 1 amide bonds. The summed E-state index contributed by atoms with van der Waals surface area (Å²) in [4.78, 5) is 40.7. The fourth-order valence-electron chi connectivity index (χ4n) is 3.36. The van der Waals surface area contributed by atoms with Gasteiger partial charge >= 0.3 is 5.97 Å². The molecule has 0 saturated heterocycles. The molecule has 0 aliphatic heterocycles. The number of oxazole rings is 1. The molecule has 1 saturated carbocycles. The zero-order chi connectivity index (χ0) is 20.4. The molecule has 28 heavy (non-hydrogen) atoms. The number of unbranched alkanes of at least 4 members (excludes halogenated alkanes) is 1. The Labute approximate surface area is 166 Å². The smallest absolute Gasteiger partial charge is 0.320 e. The predicted octanol–water partition coefficient (Wildman–Crippen LogP) is 2.40. The quantitative estimate of drug-likeness (QED) is 0.351. The number of hydrogen-bond acceptors (Lipinski definition) is 6. The summed E-state index contributed by atoms with van der Waals surface area (Å²) >= 11 is 6.21. The van der Waals surface area contributed by atoms with E-state index < -0.39 is 12.0 Å². The first-order valence-electron chi connectivity index (χ1n) is 9.12. The lowest BCUT2D eigenvalue weighted by molar-refractivity contribution is -0.138. The Bertz CT molecular complexity index is 912. The van der Waals surface area contributed by atoms with Gasteiger partial charge in [0.05, 0.1) is 5.02 Å². The number of rotatable bonds is 10. The predicted molar refractivity (Wildman–Crippen MR) is 102 cm³/mol. The summed E-state index contributed by atoms with van der Waals surface area (Å²) in [5.41, 5.74) is 6.90. The van der Waals surface area contributed by atoms with Gasteiger partial charge in [-0.05, 0) is 37.8 Å². The number of halogens is 1. The van der Waals surface area contributed by atoms with E-state index >= 15 is 0 Å². The van der Waals surface area contributed by atoms with E-state index in [0.29, 0.717) is 59.8 Å². The second kappa shape index (κ2) is 8.28. The van der Waals surface area contributed by atoms with Crippen molar-refractivity contribution < 1.29 is 23.9 Å². The number of nitrogens with zero attached hydrogens (tertiary/aromatic N) is 2. The maximum atomic E-state index is 12.8. The summed E-state index contributed by atoms with van der Waals surface area (Å²) < 4.78 is 5.47. The van der Waals surface area contributed by atoms with Crippen LogP contribution in [0.2, 0.25) is 5.02 Å². The molecule has 9 heteroatoms. The molecule has 150 valence electrons. The number of carbonyl (C=O) groups is 3. The van der Waals surface area contributed by atoms with Gasteiger partial charge in [0.2, 0.25) is 6.41 Å². The van der Waals surface area contributed by atoms with Crippen molar-refractivity contribution in [1.82, 2.24) is 9.88 Å². The van der Waals surface area contributed by atoms with Crippen LogP contribution in [0.15, 0.2) is 16.5 Å². The molecule has 0 spiro atoms. The Kier molecular flexibility index (Phi) is 6.00. The van der Waals surface area contributed by atoms with Crippen molar-refractivity contribution in [2.45, 2.75) is 44.7 Å². The van der Waals surface area contributed by atoms with Crippen molar-refractivity contribution in [2.24, 2.45) is 11.7 Å². The van der Waals surface area contributed by atoms with E-state index in [4.69, 9.17) is 26.9 Å². The highest BCUT2D eigenvalue weighted by molar-refractivity contribution is 6.35. The van der Waals surface area contributed by atoms with Crippen LogP contribution < -0.4 is 5.73 Å². The molecule has 0 bridgehead atoms. The first kappa shape index (κ1) is 20.3. The topological polar surface area (TPSA) is 127 Å². The molecular weight excluding hydrogens is 386 g/mol. The Morgan fingerprint density at radius 2 is 2.21 bits per heavy atom. The summed E-state index contributed by atoms with van der Waals surface area (Å²) in [6.45, 7) is 2.17. The van der Waals surface area contributed by atoms with Crippen LogP contribution >= 0.6 is 11.6 Å². The second-order valence-corrected chi connectivity index (χ2v) is 7.50. The Hall–Kier alpha value is -2.45. The van der Waals surface area contributed by atoms with E-state index in [-0.39, 0.29) is 17.7 Å². The second-order valence-electron chi connectivity index (χ2n) is 7.10. The molecule has 1 aliphatic rings. The lowest BCUT2D eigenvalue weighted by Crippen LogP contribution is -2.31. The van der Waals surface area contributed by atoms with Gasteiger partial charge < -0.3 is 20.2 Å². The van der Waals surface area contributed by atoms with Crippen LogP contribution in [-0.2, 0) is 9.59 Å². The average molecular weight is 408 g/mol. The zero-order valence-electron chi connectivity index (χ0n) is 15.4. The molecule has 1 aliphatic carbocycles. The molecule has 2 aromatic rings. The minimum absolute atomic E-state index is 0.0809. The molecule has 3 N–H and O–H groups in total. The number of carboxylic acid groups (broad SMARTS) is 1. The number of amides is 1. The lowest BCUT2D eigenvalue weighted by atomic mass is 10.1. The van der Waals surface area contributed by atoms with Gasteiger partial charge in [0.1, 0.15) is 11.6 Å². The van der Waals surface area contributed by atoms with Crippen LogP contribution in [-0.4, -0.2) is 51.8 Å². The number of aromatic nitrogens is 1. The number of carbonyl (C=O) groups excluding carboxylic acids is 2. The molecule has 3 rings (SSSR count). The van der Waals surface area contributed by atoms with Gasteiger partial charge in [0.15, 0.2) is 17.3 Å². The van der Waals surface area contributed by atoms with E-state index in [1.807, 2.05) is 0 Å². The molecule has 8 nitrogen and oxygen atoms in total. The number of carboxylic acids is 1. The monoisotopic (exact) mass is 407 g/mol. The van der Waals surface area contributed by atoms with E-state index in [9.17, 15) is 14.4 Å². The van der Waals surface area contributed by atoms with Gasteiger partial charge in [0.25, 0.3) is 0 Å². The minimum atomic E-state index is -1.03. The zero-order valence-corrected chi connectivity index (χ0v) is 16.2. The maximum absolute atomic E-state index is 12.8. The fourth-order valence-corrected chi connectivity index (χ4v) is 3.62. The fraction of sp³-hybridized carbons (Fsp3) is 0.474. The third-order valence-electron chi connectivity index (χ3n) is 4.99. The van der Waals surface area contributed by atoms with Gasteiger partial charge in [-0.1, -0.05) is 11.6 Å². The van der Waals surface area contributed by atoms with Crippen molar-refractivity contribution in [3.05, 3.63) is 28.6 Å². The van der Waals surface area contributed by atoms with Gasteiger partial charge in [-0.3, -0.25) is 14.4 Å². The van der Waals surface area contributed by atoms with Crippen molar-refractivity contribution in [1.29, 1.82) is 0 Å². The molecule has 0 radical (unpaired) electrons. The summed E-state index contributed by atoms with van der Waals surface area (Å²) in [6, 6.07) is 2.18. The van der Waals surface area contributed by atoms with Crippen molar-refractivity contribution >= 4 is 40.9 Å². The lowest BCUT2D eigenvalue weighted by Gasteiger charge is -2.17. The molecule has 1 aromatic carbocycles. The highest BCUT2D eigenvalue weighted by Crippen LogP contribution is 2.39. The highest BCUT2D eigenvalue weighted by atomic mass is 35.5. The summed E-state index contributed by atoms with van der Waals surface area (Å²) in [7, 11) is 0. The van der Waals surface area contributed by atoms with Gasteiger partial charge in [-0.25, -0.2) is 4.98 Å². The van der Waals surface area contributed by atoms with Gasteiger partial charge in [-0.15, -0.1) is 0 Å². The Balaban J connectivity index is 1.58. The average Bonchev–Trinajstić information content (AvgIpc) is 3.34. The number of ketones is 1. The summed E-state index contributed by atoms with van der Waals surface area (Å²) in [5, 5.41) is 9.14. The molecular formula is C19H22ClN3O5. The number of hydrogen-bond donors (Lipinski definition) is 2. The van der Waals surface area contributed by atoms with E-state index in [1.165, 1.54) is 0 Å². The Morgan fingerprint density at radius 3 is 2.89 bits per heavy atom. The first-order valence-corrected chi connectivity index (χ1v) is 9.50. The van der Waals surface area contributed by atoms with Crippen molar-refractivity contribution in [3.63, 3.8) is 0 Å². The standard InChI is InChI=1S/C19H22ClN3O5/c1-10-22-17-13(20)6-11(7-16(17)28-10)18(25)12-8-15(12)23(9-24)5-3-2-4-14(21)19(26)27/h6-7,9,12,14-15H,2-5,8,21H2,1H3,(H,26,27)/t12-,14-,15-/m0/s1. The van der Waals surface area contributed by atoms with Crippen LogP contribution in [0.3, 0.4) is 0 Å².